The van der Waals surface area contributed by atoms with Gasteiger partial charge in [-0.2, -0.15) is 0 Å². The summed E-state index contributed by atoms with van der Waals surface area (Å²) in [7, 11) is 0. The van der Waals surface area contributed by atoms with Crippen LogP contribution in [0, 0.1) is 11.6 Å². The van der Waals surface area contributed by atoms with Gasteiger partial charge < -0.3 is 5.11 Å². The van der Waals surface area contributed by atoms with Crippen molar-refractivity contribution in [2.45, 2.75) is 12.8 Å². The SMILES string of the molecule is O=C(O)C=CC1=C2C=CN(C(F)(F)F)C=C2N(Cc2ccc(F)cc2F)N1. The lowest BCUT2D eigenvalue weighted by molar-refractivity contribution is -0.211. The molecular formula is C17H12F5N3O2. The molecule has 0 fully saturated rings. The van der Waals surface area contributed by atoms with Crippen LogP contribution in [0.15, 0.2) is 65.8 Å². The maximum atomic E-state index is 13.9. The Bertz CT molecular complexity index is 902. The number of carbonyl (C=O) groups is 1. The first-order valence-corrected chi connectivity index (χ1v) is 7.54. The number of aliphatic carboxylic acids is 1. The van der Waals surface area contributed by atoms with Crippen molar-refractivity contribution in [2.75, 3.05) is 0 Å². The van der Waals surface area contributed by atoms with Crippen LogP contribution in [0.25, 0.3) is 0 Å². The van der Waals surface area contributed by atoms with Gasteiger partial charge in [0.25, 0.3) is 0 Å². The van der Waals surface area contributed by atoms with E-state index in [0.29, 0.717) is 11.6 Å². The molecule has 27 heavy (non-hydrogen) atoms. The van der Waals surface area contributed by atoms with Crippen LogP contribution in [-0.4, -0.2) is 27.3 Å². The number of hydrogen-bond donors (Lipinski definition) is 2. The first-order chi connectivity index (χ1) is 12.6. The molecule has 2 aliphatic heterocycles. The molecule has 1 aromatic carbocycles. The lowest BCUT2D eigenvalue weighted by Gasteiger charge is -2.27. The monoisotopic (exact) mass is 385 g/mol. The average molecular weight is 385 g/mol. The molecule has 0 spiro atoms. The molecule has 0 bridgehead atoms. The standard InChI is InChI=1S/C17H12F5N3O2/c18-11-2-1-10(13(19)7-11)8-25-15-9-24(17(20,21)22)6-5-12(15)14(23-25)3-4-16(26)27/h1-7,9,23H,8H2,(H,26,27). The normalized spacial score (nSPS) is 16.7. The summed E-state index contributed by atoms with van der Waals surface area (Å²) in [5.41, 5.74) is 3.37. The maximum Gasteiger partial charge on any atom is 0.488 e. The first kappa shape index (κ1) is 18.5. The average Bonchev–Trinajstić information content (AvgIpc) is 2.92. The van der Waals surface area contributed by atoms with Crippen molar-refractivity contribution in [3.63, 3.8) is 0 Å². The quantitative estimate of drug-likeness (QED) is 0.473. The molecule has 1 aromatic rings. The number of fused-ring (bicyclic) bond motifs is 1. The van der Waals surface area contributed by atoms with Crippen LogP contribution in [0.4, 0.5) is 22.0 Å². The van der Waals surface area contributed by atoms with Crippen LogP contribution in [0.3, 0.4) is 0 Å². The number of nitrogens with one attached hydrogen (secondary N) is 1. The number of hydrogen-bond acceptors (Lipinski definition) is 4. The van der Waals surface area contributed by atoms with Crippen LogP contribution in [0.1, 0.15) is 5.56 Å². The summed E-state index contributed by atoms with van der Waals surface area (Å²) < 4.78 is 66.0. The number of hydrazine groups is 1. The van der Waals surface area contributed by atoms with E-state index < -0.39 is 23.9 Å². The van der Waals surface area contributed by atoms with Crippen LogP contribution < -0.4 is 5.43 Å². The fraction of sp³-hybridized carbons (Fsp3) is 0.118. The van der Waals surface area contributed by atoms with Crippen molar-refractivity contribution in [3.8, 4) is 0 Å². The Hall–Kier alpha value is -3.30. The molecular weight excluding hydrogens is 373 g/mol. The van der Waals surface area contributed by atoms with Crippen molar-refractivity contribution in [1.82, 2.24) is 15.3 Å². The third-order valence-corrected chi connectivity index (χ3v) is 3.80. The van der Waals surface area contributed by atoms with E-state index in [0.717, 1.165) is 24.5 Å². The van der Waals surface area contributed by atoms with E-state index >= 15 is 0 Å². The zero-order valence-corrected chi connectivity index (χ0v) is 13.5. The molecule has 2 aliphatic rings. The van der Waals surface area contributed by atoms with Crippen molar-refractivity contribution < 1.29 is 31.9 Å². The minimum Gasteiger partial charge on any atom is -0.478 e. The Morgan fingerprint density at radius 1 is 1.26 bits per heavy atom. The fourth-order valence-electron chi connectivity index (χ4n) is 2.58. The number of halogens is 5. The molecule has 0 amide bonds. The van der Waals surface area contributed by atoms with E-state index in [1.54, 1.807) is 0 Å². The molecule has 0 saturated carbocycles. The molecule has 10 heteroatoms. The topological polar surface area (TPSA) is 55.8 Å². The number of allylic oxidation sites excluding steroid dienone is 2. The van der Waals surface area contributed by atoms with Gasteiger partial charge in [0.2, 0.25) is 0 Å². The summed E-state index contributed by atoms with van der Waals surface area (Å²) in [4.78, 5) is 10.7. The van der Waals surface area contributed by atoms with Crippen LogP contribution in [-0.2, 0) is 11.3 Å². The Labute approximate surface area is 149 Å². The molecule has 0 unspecified atom stereocenters. The molecule has 0 aliphatic carbocycles. The van der Waals surface area contributed by atoms with E-state index in [1.165, 1.54) is 23.2 Å². The highest BCUT2D eigenvalue weighted by atomic mass is 19.4. The van der Waals surface area contributed by atoms with Crippen molar-refractivity contribution >= 4 is 5.97 Å². The van der Waals surface area contributed by atoms with Gasteiger partial charge in [0.05, 0.1) is 17.9 Å². The van der Waals surface area contributed by atoms with E-state index in [2.05, 4.69) is 5.43 Å². The van der Waals surface area contributed by atoms with Crippen molar-refractivity contribution in [2.24, 2.45) is 0 Å². The molecule has 5 nitrogen and oxygen atoms in total. The van der Waals surface area contributed by atoms with Gasteiger partial charge in [0, 0.05) is 35.7 Å². The van der Waals surface area contributed by atoms with Gasteiger partial charge >= 0.3 is 12.3 Å². The Morgan fingerprint density at radius 2 is 2.00 bits per heavy atom. The number of nitrogens with zero attached hydrogens (tertiary/aromatic N) is 2. The van der Waals surface area contributed by atoms with E-state index in [1.807, 2.05) is 0 Å². The van der Waals surface area contributed by atoms with Gasteiger partial charge in [-0.1, -0.05) is 6.07 Å². The maximum absolute atomic E-state index is 13.9. The Kier molecular flexibility index (Phi) is 4.64. The number of alkyl halides is 3. The molecule has 0 saturated heterocycles. The van der Waals surface area contributed by atoms with E-state index in [-0.39, 0.29) is 28.4 Å². The molecule has 2 N–H and O–H groups in total. The van der Waals surface area contributed by atoms with Crippen LogP contribution in [0.5, 0.6) is 0 Å². The highest BCUT2D eigenvalue weighted by Crippen LogP contribution is 2.35. The highest BCUT2D eigenvalue weighted by Gasteiger charge is 2.38. The third-order valence-electron chi connectivity index (χ3n) is 3.80. The third kappa shape index (κ3) is 3.94. The van der Waals surface area contributed by atoms with Gasteiger partial charge in [0.1, 0.15) is 11.6 Å². The summed E-state index contributed by atoms with van der Waals surface area (Å²) in [6.07, 6.45) is 0.0847. The van der Waals surface area contributed by atoms with Crippen molar-refractivity contribution in [3.05, 3.63) is 83.0 Å². The number of carboxylic acid groups (broad SMARTS) is 1. The molecule has 142 valence electrons. The largest absolute Gasteiger partial charge is 0.488 e. The van der Waals surface area contributed by atoms with Crippen molar-refractivity contribution in [1.29, 1.82) is 0 Å². The lowest BCUT2D eigenvalue weighted by atomic mass is 10.1. The predicted octanol–water partition coefficient (Wildman–Crippen LogP) is 3.37. The van der Waals surface area contributed by atoms with Crippen LogP contribution in [0.2, 0.25) is 0 Å². The van der Waals surface area contributed by atoms with Gasteiger partial charge in [-0.25, -0.2) is 13.6 Å². The number of benzene rings is 1. The minimum absolute atomic E-state index is 0.0192. The van der Waals surface area contributed by atoms with Gasteiger partial charge in [-0.15, -0.1) is 13.2 Å². The zero-order chi connectivity index (χ0) is 19.8. The zero-order valence-electron chi connectivity index (χ0n) is 13.5. The summed E-state index contributed by atoms with van der Waals surface area (Å²) in [5.74, 6) is -2.87. The summed E-state index contributed by atoms with van der Waals surface area (Å²) in [6, 6.07) is 2.88. The molecule has 2 heterocycles. The first-order valence-electron chi connectivity index (χ1n) is 7.54. The van der Waals surface area contributed by atoms with Gasteiger partial charge in [-0.05, 0) is 18.2 Å². The molecule has 0 radical (unpaired) electrons. The molecule has 0 aromatic heterocycles. The van der Waals surface area contributed by atoms with E-state index in [4.69, 9.17) is 5.11 Å². The van der Waals surface area contributed by atoms with Gasteiger partial charge in [-0.3, -0.25) is 15.3 Å². The number of rotatable bonds is 4. The second kappa shape index (κ2) is 6.78. The second-order valence-electron chi connectivity index (χ2n) is 5.64. The fourth-order valence-corrected chi connectivity index (χ4v) is 2.58. The van der Waals surface area contributed by atoms with Gasteiger partial charge in [0.15, 0.2) is 0 Å². The second-order valence-corrected chi connectivity index (χ2v) is 5.64. The summed E-state index contributed by atoms with van der Waals surface area (Å²) in [6.45, 7) is -0.217. The summed E-state index contributed by atoms with van der Waals surface area (Å²) in [5, 5.41) is 9.97. The summed E-state index contributed by atoms with van der Waals surface area (Å²) >= 11 is 0. The Morgan fingerprint density at radius 3 is 2.63 bits per heavy atom. The Balaban J connectivity index is 1.95. The lowest BCUT2D eigenvalue weighted by Crippen LogP contribution is -2.35. The smallest absolute Gasteiger partial charge is 0.478 e. The molecule has 0 atom stereocenters. The van der Waals surface area contributed by atoms with E-state index in [9.17, 15) is 26.7 Å². The highest BCUT2D eigenvalue weighted by molar-refractivity contribution is 5.80. The number of carboxylic acids is 1. The van der Waals surface area contributed by atoms with Crippen LogP contribution >= 0.6 is 0 Å². The minimum atomic E-state index is -4.67. The predicted molar refractivity (Wildman–Crippen MR) is 84.0 cm³/mol. The molecule has 3 rings (SSSR count).